The smallest absolute Gasteiger partial charge is 0.411 e. The first-order valence-electron chi connectivity index (χ1n) is 4.74. The van der Waals surface area contributed by atoms with Crippen LogP contribution in [0.25, 0.3) is 0 Å². The SMILES string of the molecule is CC(C)Oc1ccccc1N(C)C(=O)O. The van der Waals surface area contributed by atoms with E-state index in [1.807, 2.05) is 19.9 Å². The van der Waals surface area contributed by atoms with Crippen LogP contribution in [0.2, 0.25) is 0 Å². The van der Waals surface area contributed by atoms with Gasteiger partial charge in [-0.05, 0) is 26.0 Å². The lowest BCUT2D eigenvalue weighted by atomic mass is 10.2. The van der Waals surface area contributed by atoms with E-state index in [2.05, 4.69) is 0 Å². The first kappa shape index (κ1) is 11.4. The highest BCUT2D eigenvalue weighted by Crippen LogP contribution is 2.27. The molecule has 0 atom stereocenters. The maximum absolute atomic E-state index is 10.8. The van der Waals surface area contributed by atoms with Crippen molar-refractivity contribution in [2.75, 3.05) is 11.9 Å². The first-order chi connectivity index (χ1) is 7.02. The van der Waals surface area contributed by atoms with E-state index in [4.69, 9.17) is 9.84 Å². The minimum atomic E-state index is -1.00. The molecular weight excluding hydrogens is 194 g/mol. The summed E-state index contributed by atoms with van der Waals surface area (Å²) in [6, 6.07) is 7.07. The second-order valence-electron chi connectivity index (χ2n) is 3.48. The van der Waals surface area contributed by atoms with Crippen LogP contribution in [0.15, 0.2) is 24.3 Å². The van der Waals surface area contributed by atoms with Crippen LogP contribution >= 0.6 is 0 Å². The Morgan fingerprint density at radius 3 is 2.53 bits per heavy atom. The fourth-order valence-electron chi connectivity index (χ4n) is 1.19. The van der Waals surface area contributed by atoms with Crippen molar-refractivity contribution >= 4 is 11.8 Å². The number of rotatable bonds is 3. The summed E-state index contributed by atoms with van der Waals surface area (Å²) in [7, 11) is 1.49. The quantitative estimate of drug-likeness (QED) is 0.832. The normalized spacial score (nSPS) is 10.1. The summed E-state index contributed by atoms with van der Waals surface area (Å²) >= 11 is 0. The molecule has 0 aliphatic rings. The molecule has 1 amide bonds. The van der Waals surface area contributed by atoms with E-state index in [0.29, 0.717) is 11.4 Å². The number of anilines is 1. The van der Waals surface area contributed by atoms with Gasteiger partial charge in [-0.25, -0.2) is 4.79 Å². The van der Waals surface area contributed by atoms with Gasteiger partial charge in [0.25, 0.3) is 0 Å². The van der Waals surface area contributed by atoms with E-state index in [1.165, 1.54) is 7.05 Å². The number of amides is 1. The Morgan fingerprint density at radius 1 is 1.40 bits per heavy atom. The maximum atomic E-state index is 10.8. The van der Waals surface area contributed by atoms with Crippen LogP contribution < -0.4 is 9.64 Å². The summed E-state index contributed by atoms with van der Waals surface area (Å²) in [5.74, 6) is 0.581. The Labute approximate surface area is 89.1 Å². The Kier molecular flexibility index (Phi) is 3.55. The van der Waals surface area contributed by atoms with Crippen molar-refractivity contribution in [3.63, 3.8) is 0 Å². The molecule has 0 spiro atoms. The lowest BCUT2D eigenvalue weighted by Crippen LogP contribution is -2.24. The van der Waals surface area contributed by atoms with Gasteiger partial charge in [0.15, 0.2) is 0 Å². The van der Waals surface area contributed by atoms with Crippen molar-refractivity contribution in [3.05, 3.63) is 24.3 Å². The summed E-state index contributed by atoms with van der Waals surface area (Å²) in [6.07, 6.45) is -0.983. The number of carbonyl (C=O) groups is 1. The Bertz CT molecular complexity index is 349. The van der Waals surface area contributed by atoms with Crippen molar-refractivity contribution < 1.29 is 14.6 Å². The van der Waals surface area contributed by atoms with Gasteiger partial charge in [-0.3, -0.25) is 4.90 Å². The molecule has 1 rings (SSSR count). The third kappa shape index (κ3) is 2.87. The molecule has 0 saturated carbocycles. The van der Waals surface area contributed by atoms with Gasteiger partial charge in [0.05, 0.1) is 11.8 Å². The van der Waals surface area contributed by atoms with Crippen molar-refractivity contribution in [1.82, 2.24) is 0 Å². The molecule has 0 aliphatic carbocycles. The fraction of sp³-hybridized carbons (Fsp3) is 0.364. The second-order valence-corrected chi connectivity index (χ2v) is 3.48. The fourth-order valence-corrected chi connectivity index (χ4v) is 1.19. The van der Waals surface area contributed by atoms with E-state index in [9.17, 15) is 4.79 Å². The molecule has 0 bridgehead atoms. The summed E-state index contributed by atoms with van der Waals surface area (Å²) in [4.78, 5) is 11.9. The van der Waals surface area contributed by atoms with Crippen LogP contribution in [0.4, 0.5) is 10.5 Å². The van der Waals surface area contributed by atoms with Crippen molar-refractivity contribution in [2.45, 2.75) is 20.0 Å². The maximum Gasteiger partial charge on any atom is 0.411 e. The highest BCUT2D eigenvalue weighted by molar-refractivity contribution is 5.87. The average molecular weight is 209 g/mol. The zero-order valence-electron chi connectivity index (χ0n) is 9.10. The minimum Gasteiger partial charge on any atom is -0.489 e. The van der Waals surface area contributed by atoms with Crippen molar-refractivity contribution in [2.24, 2.45) is 0 Å². The lowest BCUT2D eigenvalue weighted by molar-refractivity contribution is 0.202. The number of carboxylic acid groups (broad SMARTS) is 1. The summed E-state index contributed by atoms with van der Waals surface area (Å²) < 4.78 is 5.51. The molecule has 1 N–H and O–H groups in total. The van der Waals surface area contributed by atoms with Crippen molar-refractivity contribution in [3.8, 4) is 5.75 Å². The third-order valence-electron chi connectivity index (χ3n) is 1.88. The lowest BCUT2D eigenvalue weighted by Gasteiger charge is -2.19. The highest BCUT2D eigenvalue weighted by atomic mass is 16.5. The molecule has 82 valence electrons. The monoisotopic (exact) mass is 209 g/mol. The standard InChI is InChI=1S/C11H15NO3/c1-8(2)15-10-7-5-4-6-9(10)12(3)11(13)14/h4-8H,1-3H3,(H,13,14). The molecule has 0 heterocycles. The van der Waals surface area contributed by atoms with Gasteiger partial charge in [-0.15, -0.1) is 0 Å². The largest absolute Gasteiger partial charge is 0.489 e. The van der Waals surface area contributed by atoms with Crippen LogP contribution in [-0.2, 0) is 0 Å². The number of hydrogen-bond donors (Lipinski definition) is 1. The van der Waals surface area contributed by atoms with E-state index in [0.717, 1.165) is 4.90 Å². The van der Waals surface area contributed by atoms with Crippen LogP contribution in [0.1, 0.15) is 13.8 Å². The number of benzene rings is 1. The molecule has 15 heavy (non-hydrogen) atoms. The molecule has 4 nitrogen and oxygen atoms in total. The molecular formula is C11H15NO3. The number of hydrogen-bond acceptors (Lipinski definition) is 2. The molecule has 0 unspecified atom stereocenters. The Hall–Kier alpha value is -1.71. The van der Waals surface area contributed by atoms with Gasteiger partial charge in [-0.2, -0.15) is 0 Å². The average Bonchev–Trinajstić information content (AvgIpc) is 2.16. The van der Waals surface area contributed by atoms with E-state index in [-0.39, 0.29) is 6.10 Å². The van der Waals surface area contributed by atoms with Crippen LogP contribution in [-0.4, -0.2) is 24.4 Å². The summed E-state index contributed by atoms with van der Waals surface area (Å²) in [5.41, 5.74) is 0.554. The van der Waals surface area contributed by atoms with Crippen LogP contribution in [0.5, 0.6) is 5.75 Å². The topological polar surface area (TPSA) is 49.8 Å². The third-order valence-corrected chi connectivity index (χ3v) is 1.88. The van der Waals surface area contributed by atoms with E-state index < -0.39 is 6.09 Å². The minimum absolute atomic E-state index is 0.0216. The zero-order chi connectivity index (χ0) is 11.4. The highest BCUT2D eigenvalue weighted by Gasteiger charge is 2.13. The number of nitrogens with zero attached hydrogens (tertiary/aromatic N) is 1. The van der Waals surface area contributed by atoms with Gasteiger partial charge < -0.3 is 9.84 Å². The predicted octanol–water partition coefficient (Wildman–Crippen LogP) is 2.59. The van der Waals surface area contributed by atoms with Crippen LogP contribution in [0, 0.1) is 0 Å². The molecule has 0 saturated heterocycles. The van der Waals surface area contributed by atoms with Gasteiger partial charge in [0.1, 0.15) is 5.75 Å². The van der Waals surface area contributed by atoms with E-state index >= 15 is 0 Å². The molecule has 0 radical (unpaired) electrons. The number of ether oxygens (including phenoxy) is 1. The van der Waals surface area contributed by atoms with Gasteiger partial charge >= 0.3 is 6.09 Å². The van der Waals surface area contributed by atoms with Crippen molar-refractivity contribution in [1.29, 1.82) is 0 Å². The summed E-state index contributed by atoms with van der Waals surface area (Å²) in [5, 5.41) is 8.86. The molecule has 0 aromatic heterocycles. The Morgan fingerprint density at radius 2 is 2.00 bits per heavy atom. The molecule has 1 aromatic rings. The predicted molar refractivity (Wildman–Crippen MR) is 58.6 cm³/mol. The first-order valence-corrected chi connectivity index (χ1v) is 4.74. The molecule has 0 fully saturated rings. The second kappa shape index (κ2) is 4.68. The summed E-state index contributed by atoms with van der Waals surface area (Å²) in [6.45, 7) is 3.80. The molecule has 4 heteroatoms. The Balaban J connectivity index is 3.00. The van der Waals surface area contributed by atoms with Gasteiger partial charge in [-0.1, -0.05) is 12.1 Å². The van der Waals surface area contributed by atoms with Crippen LogP contribution in [0.3, 0.4) is 0 Å². The van der Waals surface area contributed by atoms with E-state index in [1.54, 1.807) is 18.2 Å². The zero-order valence-corrected chi connectivity index (χ0v) is 9.10. The molecule has 0 aliphatic heterocycles. The van der Waals surface area contributed by atoms with Gasteiger partial charge in [0.2, 0.25) is 0 Å². The number of para-hydroxylation sites is 2. The molecule has 1 aromatic carbocycles. The van der Waals surface area contributed by atoms with Gasteiger partial charge in [0, 0.05) is 7.05 Å².